The zero-order valence-corrected chi connectivity index (χ0v) is 7.61. The molecule has 1 heteroatoms. The maximum atomic E-state index is 9.69. The van der Waals surface area contributed by atoms with Crippen LogP contribution < -0.4 is 0 Å². The van der Waals surface area contributed by atoms with Crippen LogP contribution in [-0.2, 0) is 6.42 Å². The molecule has 1 aliphatic carbocycles. The van der Waals surface area contributed by atoms with Crippen LogP contribution in [0, 0.1) is 0 Å². The van der Waals surface area contributed by atoms with E-state index in [9.17, 15) is 5.11 Å². The van der Waals surface area contributed by atoms with Gasteiger partial charge in [-0.25, -0.2) is 0 Å². The van der Waals surface area contributed by atoms with Crippen molar-refractivity contribution in [2.75, 3.05) is 0 Å². The van der Waals surface area contributed by atoms with Crippen LogP contribution in [0.1, 0.15) is 23.5 Å². The molecule has 0 fully saturated rings. The van der Waals surface area contributed by atoms with E-state index in [0.29, 0.717) is 0 Å². The summed E-state index contributed by atoms with van der Waals surface area (Å²) in [5.74, 6) is 0.272. The topological polar surface area (TPSA) is 20.2 Å². The number of aryl methyl sites for hydroxylation is 1. The number of benzene rings is 1. The summed E-state index contributed by atoms with van der Waals surface area (Å²) in [6.07, 6.45) is 3.38. The molecule has 0 saturated carbocycles. The minimum absolute atomic E-state index is 0.272. The predicted molar refractivity (Wildman–Crippen MR) is 53.7 cm³/mol. The smallest absolute Gasteiger partial charge is 0.0787 e. The van der Waals surface area contributed by atoms with Crippen molar-refractivity contribution in [2.45, 2.75) is 24.9 Å². The first kappa shape index (κ1) is 8.52. The Balaban J connectivity index is 2.33. The Labute approximate surface area is 78.7 Å². The Kier molecular flexibility index (Phi) is 2.19. The second-order valence-corrected chi connectivity index (χ2v) is 3.57. The van der Waals surface area contributed by atoms with Gasteiger partial charge >= 0.3 is 0 Å². The summed E-state index contributed by atoms with van der Waals surface area (Å²) in [5.41, 5.74) is 2.68. The average Bonchev–Trinajstić information content (AvgIpc) is 2.60. The van der Waals surface area contributed by atoms with E-state index in [2.05, 4.69) is 24.8 Å². The highest BCUT2D eigenvalue weighted by atomic mass is 16.3. The van der Waals surface area contributed by atoms with Crippen molar-refractivity contribution in [1.82, 2.24) is 0 Å². The van der Waals surface area contributed by atoms with Crippen LogP contribution in [0.15, 0.2) is 36.9 Å². The van der Waals surface area contributed by atoms with Crippen molar-refractivity contribution in [2.24, 2.45) is 0 Å². The van der Waals surface area contributed by atoms with Gasteiger partial charge in [-0.05, 0) is 24.0 Å². The lowest BCUT2D eigenvalue weighted by atomic mass is 9.95. The summed E-state index contributed by atoms with van der Waals surface area (Å²) in [4.78, 5) is 0. The minimum Gasteiger partial charge on any atom is -0.388 e. The largest absolute Gasteiger partial charge is 0.388 e. The molecule has 0 heterocycles. The van der Waals surface area contributed by atoms with Gasteiger partial charge in [0.15, 0.2) is 0 Å². The minimum atomic E-state index is -0.386. The number of rotatable bonds is 2. The highest BCUT2D eigenvalue weighted by Crippen LogP contribution is 2.35. The van der Waals surface area contributed by atoms with Gasteiger partial charge in [-0.3, -0.25) is 0 Å². The Morgan fingerprint density at radius 2 is 2.23 bits per heavy atom. The third-order valence-electron chi connectivity index (χ3n) is 2.83. The van der Waals surface area contributed by atoms with Gasteiger partial charge < -0.3 is 5.11 Å². The molecule has 0 amide bonds. The quantitative estimate of drug-likeness (QED) is 0.682. The van der Waals surface area contributed by atoms with Crippen molar-refractivity contribution in [3.63, 3.8) is 0 Å². The van der Waals surface area contributed by atoms with Gasteiger partial charge in [0.25, 0.3) is 0 Å². The zero-order chi connectivity index (χ0) is 9.26. The van der Waals surface area contributed by atoms with Crippen molar-refractivity contribution in [3.05, 3.63) is 48.0 Å². The van der Waals surface area contributed by atoms with E-state index < -0.39 is 0 Å². The maximum absolute atomic E-state index is 9.69. The summed E-state index contributed by atoms with van der Waals surface area (Å²) in [6.45, 7) is 3.63. The fourth-order valence-corrected chi connectivity index (χ4v) is 2.11. The Bertz CT molecular complexity index is 317. The first-order chi connectivity index (χ1) is 6.33. The van der Waals surface area contributed by atoms with Gasteiger partial charge in [0.05, 0.1) is 6.10 Å². The van der Waals surface area contributed by atoms with Crippen molar-refractivity contribution >= 4 is 0 Å². The van der Waals surface area contributed by atoms with E-state index >= 15 is 0 Å². The fraction of sp³-hybridized carbons (Fsp3) is 0.333. The predicted octanol–water partition coefficient (Wildman–Crippen LogP) is 2.26. The lowest BCUT2D eigenvalue weighted by molar-refractivity contribution is 0.190. The molecular weight excluding hydrogens is 160 g/mol. The number of fused-ring (bicyclic) bond motifs is 1. The molecule has 0 radical (unpaired) electrons. The highest BCUT2D eigenvalue weighted by Gasteiger charge is 2.26. The number of hydrogen-bond donors (Lipinski definition) is 1. The van der Waals surface area contributed by atoms with Crippen LogP contribution in [0.2, 0.25) is 0 Å². The highest BCUT2D eigenvalue weighted by molar-refractivity contribution is 5.36. The SMILES string of the molecule is C=CC(O)C1CCc2ccccc21. The molecule has 2 unspecified atom stereocenters. The van der Waals surface area contributed by atoms with Gasteiger partial charge in [-0.1, -0.05) is 30.3 Å². The molecule has 2 rings (SSSR count). The van der Waals surface area contributed by atoms with Gasteiger partial charge in [0.1, 0.15) is 0 Å². The van der Waals surface area contributed by atoms with E-state index in [1.165, 1.54) is 11.1 Å². The van der Waals surface area contributed by atoms with Crippen molar-refractivity contribution in [1.29, 1.82) is 0 Å². The average molecular weight is 174 g/mol. The van der Waals surface area contributed by atoms with Crippen LogP contribution >= 0.6 is 0 Å². The maximum Gasteiger partial charge on any atom is 0.0787 e. The monoisotopic (exact) mass is 174 g/mol. The first-order valence-electron chi connectivity index (χ1n) is 4.71. The summed E-state index contributed by atoms with van der Waals surface area (Å²) >= 11 is 0. The molecule has 1 nitrogen and oxygen atoms in total. The summed E-state index contributed by atoms with van der Waals surface area (Å²) < 4.78 is 0. The van der Waals surface area contributed by atoms with Crippen molar-refractivity contribution < 1.29 is 5.11 Å². The molecule has 1 N–H and O–H groups in total. The van der Waals surface area contributed by atoms with E-state index in [0.717, 1.165) is 12.8 Å². The second kappa shape index (κ2) is 3.35. The summed E-state index contributed by atoms with van der Waals surface area (Å²) in [5, 5.41) is 9.69. The standard InChI is InChI=1S/C12H14O/c1-2-12(13)11-8-7-9-5-3-4-6-10(9)11/h2-6,11-13H,1,7-8H2. The van der Waals surface area contributed by atoms with Crippen LogP contribution in [0.5, 0.6) is 0 Å². The van der Waals surface area contributed by atoms with Crippen LogP contribution in [0.25, 0.3) is 0 Å². The Hall–Kier alpha value is -1.08. The number of hydrogen-bond acceptors (Lipinski definition) is 1. The molecule has 0 aromatic heterocycles. The van der Waals surface area contributed by atoms with Gasteiger partial charge in [-0.15, -0.1) is 6.58 Å². The Morgan fingerprint density at radius 3 is 3.00 bits per heavy atom. The molecule has 0 bridgehead atoms. The van der Waals surface area contributed by atoms with Gasteiger partial charge in [-0.2, -0.15) is 0 Å². The summed E-state index contributed by atoms with van der Waals surface area (Å²) in [7, 11) is 0. The van der Waals surface area contributed by atoms with Gasteiger partial charge in [0.2, 0.25) is 0 Å². The molecule has 1 aromatic carbocycles. The van der Waals surface area contributed by atoms with Gasteiger partial charge in [0, 0.05) is 5.92 Å². The zero-order valence-electron chi connectivity index (χ0n) is 7.61. The summed E-state index contributed by atoms with van der Waals surface area (Å²) in [6, 6.07) is 8.35. The van der Waals surface area contributed by atoms with E-state index in [1.807, 2.05) is 6.07 Å². The molecule has 0 saturated heterocycles. The Morgan fingerprint density at radius 1 is 1.46 bits per heavy atom. The third-order valence-corrected chi connectivity index (χ3v) is 2.83. The second-order valence-electron chi connectivity index (χ2n) is 3.57. The van der Waals surface area contributed by atoms with Crippen LogP contribution in [0.3, 0.4) is 0 Å². The van der Waals surface area contributed by atoms with Crippen molar-refractivity contribution in [3.8, 4) is 0 Å². The van der Waals surface area contributed by atoms with Crippen LogP contribution in [0.4, 0.5) is 0 Å². The molecule has 1 aromatic rings. The normalized spacial score (nSPS) is 22.4. The molecule has 13 heavy (non-hydrogen) atoms. The van der Waals surface area contributed by atoms with Crippen LogP contribution in [-0.4, -0.2) is 11.2 Å². The first-order valence-corrected chi connectivity index (χ1v) is 4.71. The lowest BCUT2D eigenvalue weighted by Crippen LogP contribution is -2.12. The molecule has 1 aliphatic rings. The lowest BCUT2D eigenvalue weighted by Gasteiger charge is -2.14. The number of aliphatic hydroxyl groups is 1. The van der Waals surface area contributed by atoms with E-state index in [1.54, 1.807) is 6.08 Å². The third kappa shape index (κ3) is 1.40. The molecular formula is C12H14O. The molecule has 0 aliphatic heterocycles. The molecule has 68 valence electrons. The van der Waals surface area contributed by atoms with E-state index in [4.69, 9.17) is 0 Å². The van der Waals surface area contributed by atoms with E-state index in [-0.39, 0.29) is 12.0 Å². The molecule has 2 atom stereocenters. The number of aliphatic hydroxyl groups excluding tert-OH is 1. The molecule has 0 spiro atoms. The fourth-order valence-electron chi connectivity index (χ4n) is 2.11.